The molecule has 0 bridgehead atoms. The summed E-state index contributed by atoms with van der Waals surface area (Å²) in [5, 5.41) is 13.4. The van der Waals surface area contributed by atoms with Gasteiger partial charge in [0, 0.05) is 24.1 Å². The summed E-state index contributed by atoms with van der Waals surface area (Å²) in [5.41, 5.74) is -0.770. The van der Waals surface area contributed by atoms with E-state index in [0.717, 1.165) is 19.2 Å². The predicted octanol–water partition coefficient (Wildman–Crippen LogP) is 3.07. The average Bonchev–Trinajstić information content (AvgIpc) is 2.72. The number of nitrogens with zero attached hydrogens (tertiary/aromatic N) is 1. The Hall–Kier alpha value is -3.63. The van der Waals surface area contributed by atoms with Crippen molar-refractivity contribution in [1.82, 2.24) is 5.32 Å². The summed E-state index contributed by atoms with van der Waals surface area (Å²) in [6.45, 7) is 0. The van der Waals surface area contributed by atoms with Crippen LogP contribution < -0.4 is 10.1 Å². The number of hydrogen-bond donors (Lipinski definition) is 1. The van der Waals surface area contributed by atoms with Gasteiger partial charge in [0.1, 0.15) is 11.8 Å². The van der Waals surface area contributed by atoms with E-state index in [1.54, 1.807) is 0 Å². The number of amides is 1. The highest BCUT2D eigenvalue weighted by Crippen LogP contribution is 2.29. The number of alkyl halides is 3. The molecular weight excluding hydrogens is 421 g/mol. The zero-order valence-electron chi connectivity index (χ0n) is 16.6. The van der Waals surface area contributed by atoms with Crippen molar-refractivity contribution in [2.24, 2.45) is 0 Å². The quantitative estimate of drug-likeness (QED) is 0.384. The molecule has 0 heterocycles. The monoisotopic (exact) mass is 440 g/mol. The first-order valence-corrected chi connectivity index (χ1v) is 8.89. The van der Waals surface area contributed by atoms with Crippen LogP contribution in [0, 0.1) is 10.1 Å². The molecule has 0 aliphatic rings. The highest BCUT2D eigenvalue weighted by molar-refractivity contribution is 5.86. The summed E-state index contributed by atoms with van der Waals surface area (Å²) >= 11 is 0. The van der Waals surface area contributed by atoms with E-state index < -0.39 is 41.0 Å². The van der Waals surface area contributed by atoms with Crippen LogP contribution in [0.3, 0.4) is 0 Å². The van der Waals surface area contributed by atoms with E-state index in [1.165, 1.54) is 37.4 Å². The van der Waals surface area contributed by atoms with Crippen molar-refractivity contribution in [2.45, 2.75) is 25.1 Å². The van der Waals surface area contributed by atoms with Crippen LogP contribution in [0.25, 0.3) is 0 Å². The van der Waals surface area contributed by atoms with E-state index in [2.05, 4.69) is 10.1 Å². The third-order valence-electron chi connectivity index (χ3n) is 4.34. The summed E-state index contributed by atoms with van der Waals surface area (Å²) in [4.78, 5) is 34.9. The molecule has 0 saturated carbocycles. The van der Waals surface area contributed by atoms with Crippen LogP contribution in [-0.2, 0) is 33.3 Å². The number of carbonyl (C=O) groups excluding carboxylic acids is 2. The van der Waals surface area contributed by atoms with Crippen LogP contribution in [0.1, 0.15) is 16.7 Å². The second kappa shape index (κ2) is 9.92. The van der Waals surface area contributed by atoms with Gasteiger partial charge in [-0.1, -0.05) is 18.2 Å². The summed E-state index contributed by atoms with van der Waals surface area (Å²) in [6, 6.07) is 6.80. The van der Waals surface area contributed by atoms with Crippen LogP contribution >= 0.6 is 0 Å². The highest BCUT2D eigenvalue weighted by atomic mass is 19.4. The van der Waals surface area contributed by atoms with Gasteiger partial charge in [0.15, 0.2) is 0 Å². The molecule has 0 spiro atoms. The van der Waals surface area contributed by atoms with E-state index >= 15 is 0 Å². The summed E-state index contributed by atoms with van der Waals surface area (Å²) in [5.74, 6) is -1.29. The van der Waals surface area contributed by atoms with E-state index in [9.17, 15) is 32.9 Å². The van der Waals surface area contributed by atoms with Gasteiger partial charge in [-0.3, -0.25) is 14.9 Å². The van der Waals surface area contributed by atoms with Crippen molar-refractivity contribution in [3.05, 3.63) is 69.3 Å². The van der Waals surface area contributed by atoms with E-state index in [1.807, 2.05) is 0 Å². The van der Waals surface area contributed by atoms with E-state index in [-0.39, 0.29) is 29.0 Å². The first-order chi connectivity index (χ1) is 14.5. The zero-order valence-corrected chi connectivity index (χ0v) is 16.6. The minimum Gasteiger partial charge on any atom is -0.496 e. The molecule has 1 amide bonds. The molecule has 0 aliphatic carbocycles. The Morgan fingerprint density at radius 3 is 2.45 bits per heavy atom. The van der Waals surface area contributed by atoms with Crippen molar-refractivity contribution in [3.63, 3.8) is 0 Å². The number of nitrogens with one attached hydrogen (secondary N) is 1. The Kier molecular flexibility index (Phi) is 7.56. The van der Waals surface area contributed by atoms with Crippen LogP contribution in [0.2, 0.25) is 0 Å². The number of nitro benzene ring substituents is 1. The number of methoxy groups -OCH3 is 2. The maximum Gasteiger partial charge on any atom is 0.416 e. The van der Waals surface area contributed by atoms with Crippen molar-refractivity contribution in [1.29, 1.82) is 0 Å². The number of rotatable bonds is 8. The Bertz CT molecular complexity index is 978. The average molecular weight is 440 g/mol. The molecule has 1 atom stereocenters. The van der Waals surface area contributed by atoms with Crippen molar-refractivity contribution < 1.29 is 37.2 Å². The third-order valence-corrected chi connectivity index (χ3v) is 4.34. The topological polar surface area (TPSA) is 108 Å². The lowest BCUT2D eigenvalue weighted by molar-refractivity contribution is -0.384. The molecule has 2 aromatic carbocycles. The minimum absolute atomic E-state index is 0.101. The largest absolute Gasteiger partial charge is 0.496 e. The number of hydrogen-bond acceptors (Lipinski definition) is 6. The predicted molar refractivity (Wildman–Crippen MR) is 102 cm³/mol. The maximum absolute atomic E-state index is 12.8. The first-order valence-electron chi connectivity index (χ1n) is 8.89. The normalized spacial score (nSPS) is 12.0. The van der Waals surface area contributed by atoms with Gasteiger partial charge < -0.3 is 14.8 Å². The van der Waals surface area contributed by atoms with Gasteiger partial charge in [0.05, 0.1) is 31.1 Å². The van der Waals surface area contributed by atoms with Gasteiger partial charge in [-0.15, -0.1) is 0 Å². The molecular formula is C20H19F3N2O6. The Morgan fingerprint density at radius 2 is 1.87 bits per heavy atom. The van der Waals surface area contributed by atoms with Gasteiger partial charge in [-0.2, -0.15) is 13.2 Å². The molecule has 11 heteroatoms. The SMILES string of the molecule is COC(=O)[C@@H](Cc1cc([N+](=O)[O-])ccc1OC)NC(=O)Cc1cccc(C(F)(F)F)c1. The molecule has 0 saturated heterocycles. The minimum atomic E-state index is -4.56. The molecule has 0 unspecified atom stereocenters. The molecule has 1 N–H and O–H groups in total. The summed E-state index contributed by atoms with van der Waals surface area (Å²) in [7, 11) is 2.43. The number of carbonyl (C=O) groups is 2. The number of esters is 1. The van der Waals surface area contributed by atoms with Gasteiger partial charge in [-0.25, -0.2) is 4.79 Å². The molecule has 0 radical (unpaired) electrons. The van der Waals surface area contributed by atoms with Gasteiger partial charge in [-0.05, 0) is 17.7 Å². The molecule has 0 fully saturated rings. The zero-order chi connectivity index (χ0) is 23.2. The Morgan fingerprint density at radius 1 is 1.16 bits per heavy atom. The number of ether oxygens (including phenoxy) is 2. The summed E-state index contributed by atoms with van der Waals surface area (Å²) in [6.07, 6.45) is -5.16. The van der Waals surface area contributed by atoms with E-state index in [0.29, 0.717) is 0 Å². The second-order valence-corrected chi connectivity index (χ2v) is 6.48. The molecule has 2 aromatic rings. The lowest BCUT2D eigenvalue weighted by Crippen LogP contribution is -2.43. The van der Waals surface area contributed by atoms with Crippen LogP contribution in [0.5, 0.6) is 5.75 Å². The number of halogens is 3. The summed E-state index contributed by atoms with van der Waals surface area (Å²) < 4.78 is 48.4. The highest BCUT2D eigenvalue weighted by Gasteiger charge is 2.31. The molecule has 31 heavy (non-hydrogen) atoms. The van der Waals surface area contributed by atoms with Gasteiger partial charge in [0.25, 0.3) is 5.69 Å². The molecule has 2 rings (SSSR count). The molecule has 0 aromatic heterocycles. The van der Waals surface area contributed by atoms with Gasteiger partial charge in [0.2, 0.25) is 5.91 Å². The van der Waals surface area contributed by atoms with Crippen LogP contribution in [0.15, 0.2) is 42.5 Å². The number of benzene rings is 2. The van der Waals surface area contributed by atoms with Crippen molar-refractivity contribution >= 4 is 17.6 Å². The maximum atomic E-state index is 12.8. The van der Waals surface area contributed by atoms with E-state index in [4.69, 9.17) is 4.74 Å². The molecule has 0 aliphatic heterocycles. The fourth-order valence-corrected chi connectivity index (χ4v) is 2.88. The Labute approximate surface area is 175 Å². The van der Waals surface area contributed by atoms with Gasteiger partial charge >= 0.3 is 12.1 Å². The first kappa shape index (κ1) is 23.6. The number of non-ortho nitro benzene ring substituents is 1. The molecule has 166 valence electrons. The van der Waals surface area contributed by atoms with Crippen LogP contribution in [0.4, 0.5) is 18.9 Å². The molecule has 8 nitrogen and oxygen atoms in total. The lowest BCUT2D eigenvalue weighted by Gasteiger charge is -2.18. The Balaban J connectivity index is 2.21. The van der Waals surface area contributed by atoms with Crippen molar-refractivity contribution in [2.75, 3.05) is 14.2 Å². The van der Waals surface area contributed by atoms with Crippen LogP contribution in [-0.4, -0.2) is 37.1 Å². The fourth-order valence-electron chi connectivity index (χ4n) is 2.88. The number of nitro groups is 1. The second-order valence-electron chi connectivity index (χ2n) is 6.48. The fraction of sp³-hybridized carbons (Fsp3) is 0.300. The third kappa shape index (κ3) is 6.43. The van der Waals surface area contributed by atoms with Crippen molar-refractivity contribution in [3.8, 4) is 5.75 Å². The smallest absolute Gasteiger partial charge is 0.416 e. The standard InChI is InChI=1S/C20H19F3N2O6/c1-30-17-7-6-15(25(28)29)10-13(17)11-16(19(27)31-2)24-18(26)9-12-4-3-5-14(8-12)20(21,22)23/h3-8,10,16H,9,11H2,1-2H3,(H,24,26)/t16-/m1/s1. The lowest BCUT2D eigenvalue weighted by atomic mass is 10.0.